The minimum atomic E-state index is -0.172. The Balaban J connectivity index is 1.79. The monoisotopic (exact) mass is 291 g/mol. The van der Waals surface area contributed by atoms with Crippen molar-refractivity contribution in [1.82, 2.24) is 10.1 Å². The Morgan fingerprint density at radius 3 is 2.90 bits per heavy atom. The minimum absolute atomic E-state index is 0.172. The lowest BCUT2D eigenvalue weighted by Crippen LogP contribution is -2.31. The SMILES string of the molecule is CC1(C)Cc2c(sc(N)c2-c2nc(C3CC3)no2)CO1. The van der Waals surface area contributed by atoms with Crippen LogP contribution in [0.25, 0.3) is 11.5 Å². The lowest BCUT2D eigenvalue weighted by molar-refractivity contribution is -0.0381. The zero-order valence-electron chi connectivity index (χ0n) is 11.6. The van der Waals surface area contributed by atoms with E-state index in [9.17, 15) is 0 Å². The second-order valence-corrected chi connectivity index (χ2v) is 7.34. The summed E-state index contributed by atoms with van der Waals surface area (Å²) < 4.78 is 11.3. The highest BCUT2D eigenvalue weighted by Gasteiger charge is 2.34. The van der Waals surface area contributed by atoms with Crippen molar-refractivity contribution in [3.63, 3.8) is 0 Å². The number of rotatable bonds is 2. The molecule has 5 nitrogen and oxygen atoms in total. The number of nitrogen functional groups attached to an aromatic ring is 1. The van der Waals surface area contributed by atoms with E-state index in [2.05, 4.69) is 24.0 Å². The van der Waals surface area contributed by atoms with E-state index in [1.54, 1.807) is 11.3 Å². The van der Waals surface area contributed by atoms with Crippen LogP contribution in [0.4, 0.5) is 5.00 Å². The average molecular weight is 291 g/mol. The molecule has 2 aliphatic rings. The molecule has 0 aromatic carbocycles. The van der Waals surface area contributed by atoms with E-state index in [1.807, 2.05) is 0 Å². The van der Waals surface area contributed by atoms with Crippen LogP contribution < -0.4 is 5.73 Å². The molecule has 4 rings (SSSR count). The van der Waals surface area contributed by atoms with Gasteiger partial charge in [-0.05, 0) is 32.3 Å². The number of hydrogen-bond donors (Lipinski definition) is 1. The van der Waals surface area contributed by atoms with Gasteiger partial charge in [0.2, 0.25) is 0 Å². The van der Waals surface area contributed by atoms with Gasteiger partial charge in [-0.1, -0.05) is 5.16 Å². The molecule has 0 spiro atoms. The van der Waals surface area contributed by atoms with Gasteiger partial charge in [-0.15, -0.1) is 11.3 Å². The molecule has 1 saturated carbocycles. The third-order valence-electron chi connectivity index (χ3n) is 3.91. The Morgan fingerprint density at radius 2 is 2.15 bits per heavy atom. The Hall–Kier alpha value is -1.40. The second-order valence-electron chi connectivity index (χ2n) is 6.20. The summed E-state index contributed by atoms with van der Waals surface area (Å²) in [6, 6.07) is 0. The molecule has 2 aromatic rings. The largest absolute Gasteiger partial charge is 0.390 e. The Bertz CT molecular complexity index is 670. The maximum atomic E-state index is 6.18. The first-order valence-corrected chi connectivity index (χ1v) is 7.73. The zero-order chi connectivity index (χ0) is 13.9. The number of ether oxygens (including phenoxy) is 1. The van der Waals surface area contributed by atoms with Crippen LogP contribution in [-0.2, 0) is 17.8 Å². The van der Waals surface area contributed by atoms with E-state index >= 15 is 0 Å². The Kier molecular flexibility index (Phi) is 2.50. The van der Waals surface area contributed by atoms with Crippen LogP contribution in [0.15, 0.2) is 4.52 Å². The zero-order valence-corrected chi connectivity index (χ0v) is 12.4. The van der Waals surface area contributed by atoms with Gasteiger partial charge < -0.3 is 15.0 Å². The van der Waals surface area contributed by atoms with Gasteiger partial charge in [-0.25, -0.2) is 0 Å². The van der Waals surface area contributed by atoms with Crippen LogP contribution in [-0.4, -0.2) is 15.7 Å². The van der Waals surface area contributed by atoms with Gasteiger partial charge in [-0.2, -0.15) is 4.98 Å². The van der Waals surface area contributed by atoms with E-state index in [1.165, 1.54) is 10.4 Å². The third kappa shape index (κ3) is 1.94. The first kappa shape index (κ1) is 12.3. The van der Waals surface area contributed by atoms with Crippen molar-refractivity contribution in [2.75, 3.05) is 5.73 Å². The van der Waals surface area contributed by atoms with Crippen molar-refractivity contribution < 1.29 is 9.26 Å². The van der Waals surface area contributed by atoms with Crippen molar-refractivity contribution in [3.8, 4) is 11.5 Å². The molecule has 0 atom stereocenters. The predicted octanol–water partition coefficient (Wildman–Crippen LogP) is 3.11. The fraction of sp³-hybridized carbons (Fsp3) is 0.571. The van der Waals surface area contributed by atoms with Crippen LogP contribution in [0, 0.1) is 0 Å². The highest BCUT2D eigenvalue weighted by Crippen LogP contribution is 2.45. The van der Waals surface area contributed by atoms with Crippen LogP contribution >= 0.6 is 11.3 Å². The van der Waals surface area contributed by atoms with Gasteiger partial charge >= 0.3 is 0 Å². The molecule has 0 radical (unpaired) electrons. The number of fused-ring (bicyclic) bond motifs is 1. The second kappa shape index (κ2) is 4.05. The minimum Gasteiger partial charge on any atom is -0.390 e. The molecule has 20 heavy (non-hydrogen) atoms. The molecule has 2 aromatic heterocycles. The van der Waals surface area contributed by atoms with Crippen LogP contribution in [0.3, 0.4) is 0 Å². The first-order valence-electron chi connectivity index (χ1n) is 6.91. The van der Waals surface area contributed by atoms with Crippen molar-refractivity contribution in [2.24, 2.45) is 0 Å². The fourth-order valence-corrected chi connectivity index (χ4v) is 3.65. The molecule has 0 bridgehead atoms. The first-order chi connectivity index (χ1) is 9.53. The van der Waals surface area contributed by atoms with Crippen molar-refractivity contribution >= 4 is 16.3 Å². The molecular weight excluding hydrogens is 274 g/mol. The quantitative estimate of drug-likeness (QED) is 0.920. The number of thiophene rings is 1. The van der Waals surface area contributed by atoms with Crippen LogP contribution in [0.2, 0.25) is 0 Å². The molecule has 106 valence electrons. The number of nitrogens with two attached hydrogens (primary N) is 1. The molecule has 3 heterocycles. The number of anilines is 1. The predicted molar refractivity (Wildman–Crippen MR) is 76.6 cm³/mol. The van der Waals surface area contributed by atoms with Gasteiger partial charge in [0, 0.05) is 17.2 Å². The van der Waals surface area contributed by atoms with Gasteiger partial charge in [0.1, 0.15) is 0 Å². The third-order valence-corrected chi connectivity index (χ3v) is 4.95. The summed E-state index contributed by atoms with van der Waals surface area (Å²) in [4.78, 5) is 5.72. The summed E-state index contributed by atoms with van der Waals surface area (Å²) in [7, 11) is 0. The summed E-state index contributed by atoms with van der Waals surface area (Å²) >= 11 is 1.57. The van der Waals surface area contributed by atoms with E-state index in [-0.39, 0.29) is 5.60 Å². The standard InChI is InChI=1S/C14H17N3O2S/c1-14(2)5-8-9(6-18-14)20-11(15)10(8)13-16-12(17-19-13)7-3-4-7/h7H,3-6,15H2,1-2H3. The molecule has 0 saturated heterocycles. The van der Waals surface area contributed by atoms with E-state index in [0.29, 0.717) is 18.4 Å². The average Bonchev–Trinajstić information content (AvgIpc) is 3.04. The van der Waals surface area contributed by atoms with Gasteiger partial charge in [0.25, 0.3) is 5.89 Å². The molecule has 1 aliphatic carbocycles. The maximum absolute atomic E-state index is 6.18. The Morgan fingerprint density at radius 1 is 1.35 bits per heavy atom. The Labute approximate surface area is 121 Å². The molecule has 1 aliphatic heterocycles. The van der Waals surface area contributed by atoms with Gasteiger partial charge in [0.15, 0.2) is 5.82 Å². The van der Waals surface area contributed by atoms with Crippen molar-refractivity contribution in [3.05, 3.63) is 16.3 Å². The van der Waals surface area contributed by atoms with Gasteiger partial charge in [-0.3, -0.25) is 0 Å². The number of nitrogens with zero attached hydrogens (tertiary/aromatic N) is 2. The summed E-state index contributed by atoms with van der Waals surface area (Å²) in [5.74, 6) is 1.88. The van der Waals surface area contributed by atoms with Gasteiger partial charge in [0.05, 0.1) is 22.8 Å². The maximum Gasteiger partial charge on any atom is 0.261 e. The van der Waals surface area contributed by atoms with Crippen LogP contribution in [0.5, 0.6) is 0 Å². The number of aromatic nitrogens is 2. The molecule has 6 heteroatoms. The molecule has 2 N–H and O–H groups in total. The van der Waals surface area contributed by atoms with Crippen LogP contribution in [0.1, 0.15) is 48.9 Å². The normalized spacial score (nSPS) is 20.9. The molecular formula is C14H17N3O2S. The summed E-state index contributed by atoms with van der Waals surface area (Å²) in [6.07, 6.45) is 3.15. The lowest BCUT2D eigenvalue weighted by Gasteiger charge is -2.30. The van der Waals surface area contributed by atoms with E-state index < -0.39 is 0 Å². The summed E-state index contributed by atoms with van der Waals surface area (Å²) in [5, 5.41) is 4.84. The highest BCUT2D eigenvalue weighted by molar-refractivity contribution is 7.16. The molecule has 1 fully saturated rings. The van der Waals surface area contributed by atoms with E-state index in [4.69, 9.17) is 15.0 Å². The lowest BCUT2D eigenvalue weighted by atomic mass is 9.93. The smallest absolute Gasteiger partial charge is 0.261 e. The number of hydrogen-bond acceptors (Lipinski definition) is 6. The summed E-state index contributed by atoms with van der Waals surface area (Å²) in [5.41, 5.74) is 8.15. The highest BCUT2D eigenvalue weighted by atomic mass is 32.1. The topological polar surface area (TPSA) is 74.2 Å². The fourth-order valence-electron chi connectivity index (χ4n) is 2.65. The summed E-state index contributed by atoms with van der Waals surface area (Å²) in [6.45, 7) is 4.80. The molecule has 0 unspecified atom stereocenters. The van der Waals surface area contributed by atoms with Crippen molar-refractivity contribution in [2.45, 2.75) is 51.2 Å². The van der Waals surface area contributed by atoms with Crippen molar-refractivity contribution in [1.29, 1.82) is 0 Å². The molecule has 0 amide bonds. The van der Waals surface area contributed by atoms with E-state index in [0.717, 1.165) is 35.7 Å².